The molecular formula is C22H14FNO5. The maximum atomic E-state index is 13.7. The van der Waals surface area contributed by atoms with E-state index in [1.165, 1.54) is 30.3 Å². The van der Waals surface area contributed by atoms with E-state index in [4.69, 9.17) is 9.47 Å². The summed E-state index contributed by atoms with van der Waals surface area (Å²) in [5.74, 6) is 0.121. The van der Waals surface area contributed by atoms with Gasteiger partial charge in [0.25, 0.3) is 5.69 Å². The summed E-state index contributed by atoms with van der Waals surface area (Å²) < 4.78 is 24.9. The molecule has 7 heteroatoms. The number of ether oxygens (including phenoxy) is 2. The van der Waals surface area contributed by atoms with Crippen LogP contribution in [0.25, 0.3) is 6.08 Å². The van der Waals surface area contributed by atoms with E-state index in [0.29, 0.717) is 28.2 Å². The standard InChI is InChI=1S/C22H14FNO5/c23-19-7-2-1-5-15(19)13-28-17-8-9-18-20(12-17)29-21(22(18)25)11-14-4-3-6-16(10-14)24(26)27/h1-12H,13H2. The second kappa shape index (κ2) is 7.55. The Morgan fingerprint density at radius 3 is 2.69 bits per heavy atom. The van der Waals surface area contributed by atoms with Crippen molar-refractivity contribution in [2.24, 2.45) is 0 Å². The average molecular weight is 391 g/mol. The SMILES string of the molecule is O=C1C(=Cc2cccc([N+](=O)[O-])c2)Oc2cc(OCc3ccccc3F)ccc21. The van der Waals surface area contributed by atoms with Gasteiger partial charge in [-0.05, 0) is 29.8 Å². The fourth-order valence-electron chi connectivity index (χ4n) is 2.91. The van der Waals surface area contributed by atoms with Crippen LogP contribution in [-0.4, -0.2) is 10.7 Å². The van der Waals surface area contributed by atoms with Crippen LogP contribution in [0.3, 0.4) is 0 Å². The molecule has 1 heterocycles. The van der Waals surface area contributed by atoms with Gasteiger partial charge >= 0.3 is 0 Å². The van der Waals surface area contributed by atoms with Gasteiger partial charge in [-0.25, -0.2) is 4.39 Å². The zero-order valence-corrected chi connectivity index (χ0v) is 15.0. The fraction of sp³-hybridized carbons (Fsp3) is 0.0455. The molecule has 0 aromatic heterocycles. The van der Waals surface area contributed by atoms with Crippen molar-refractivity contribution in [3.05, 3.63) is 105 Å². The van der Waals surface area contributed by atoms with E-state index in [-0.39, 0.29) is 29.7 Å². The van der Waals surface area contributed by atoms with E-state index in [0.717, 1.165) is 0 Å². The van der Waals surface area contributed by atoms with Crippen LogP contribution in [0, 0.1) is 15.9 Å². The number of carbonyl (C=O) groups is 1. The Labute approximate surface area is 165 Å². The van der Waals surface area contributed by atoms with Gasteiger partial charge < -0.3 is 9.47 Å². The summed E-state index contributed by atoms with van der Waals surface area (Å²) in [5.41, 5.74) is 1.17. The zero-order valence-electron chi connectivity index (χ0n) is 15.0. The molecule has 0 amide bonds. The third-order valence-corrected chi connectivity index (χ3v) is 4.37. The molecule has 0 aliphatic carbocycles. The van der Waals surface area contributed by atoms with Crippen molar-refractivity contribution >= 4 is 17.5 Å². The van der Waals surface area contributed by atoms with Crippen molar-refractivity contribution in [1.82, 2.24) is 0 Å². The first kappa shape index (κ1) is 18.4. The van der Waals surface area contributed by atoms with Gasteiger partial charge in [0.1, 0.15) is 23.9 Å². The Morgan fingerprint density at radius 1 is 1.07 bits per heavy atom. The van der Waals surface area contributed by atoms with Crippen LogP contribution in [0.5, 0.6) is 11.5 Å². The number of hydrogen-bond donors (Lipinski definition) is 0. The molecule has 4 rings (SSSR count). The van der Waals surface area contributed by atoms with E-state index in [9.17, 15) is 19.3 Å². The minimum Gasteiger partial charge on any atom is -0.489 e. The summed E-state index contributed by atoms with van der Waals surface area (Å²) in [6, 6.07) is 16.9. The van der Waals surface area contributed by atoms with Crippen LogP contribution >= 0.6 is 0 Å². The lowest BCUT2D eigenvalue weighted by Crippen LogP contribution is -1.98. The molecule has 0 bridgehead atoms. The summed E-state index contributed by atoms with van der Waals surface area (Å²) in [5, 5.41) is 10.9. The molecule has 1 aliphatic rings. The molecule has 6 nitrogen and oxygen atoms in total. The van der Waals surface area contributed by atoms with Crippen LogP contribution in [0.4, 0.5) is 10.1 Å². The summed E-state index contributed by atoms with van der Waals surface area (Å²) >= 11 is 0. The Balaban J connectivity index is 1.53. The van der Waals surface area contributed by atoms with Gasteiger partial charge in [-0.2, -0.15) is 0 Å². The van der Waals surface area contributed by atoms with E-state index >= 15 is 0 Å². The summed E-state index contributed by atoms with van der Waals surface area (Å²) in [6.07, 6.45) is 1.45. The fourth-order valence-corrected chi connectivity index (χ4v) is 2.91. The molecule has 144 valence electrons. The van der Waals surface area contributed by atoms with E-state index < -0.39 is 4.92 Å². The van der Waals surface area contributed by atoms with Crippen LogP contribution in [0.2, 0.25) is 0 Å². The van der Waals surface area contributed by atoms with Crippen LogP contribution in [0.15, 0.2) is 72.5 Å². The number of nitro benzene ring substituents is 1. The van der Waals surface area contributed by atoms with Crippen molar-refractivity contribution in [2.75, 3.05) is 0 Å². The van der Waals surface area contributed by atoms with Crippen molar-refractivity contribution in [1.29, 1.82) is 0 Å². The van der Waals surface area contributed by atoms with Crippen molar-refractivity contribution < 1.29 is 23.6 Å². The predicted octanol–water partition coefficient (Wildman–Crippen LogP) is 4.93. The topological polar surface area (TPSA) is 78.7 Å². The number of hydrogen-bond acceptors (Lipinski definition) is 5. The van der Waals surface area contributed by atoms with E-state index in [2.05, 4.69) is 0 Å². The number of rotatable bonds is 5. The molecule has 0 radical (unpaired) electrons. The first-order chi connectivity index (χ1) is 14.0. The van der Waals surface area contributed by atoms with Gasteiger partial charge in [-0.15, -0.1) is 0 Å². The lowest BCUT2D eigenvalue weighted by Gasteiger charge is -2.08. The van der Waals surface area contributed by atoms with E-state index in [1.807, 2.05) is 0 Å². The number of nitro groups is 1. The molecule has 3 aromatic rings. The van der Waals surface area contributed by atoms with E-state index in [1.54, 1.807) is 42.5 Å². The Bertz CT molecular complexity index is 1160. The van der Waals surface area contributed by atoms with Gasteiger partial charge in [0.05, 0.1) is 10.5 Å². The van der Waals surface area contributed by atoms with Gasteiger partial charge in [0.2, 0.25) is 5.78 Å². The van der Waals surface area contributed by atoms with Crippen molar-refractivity contribution in [3.8, 4) is 11.5 Å². The number of fused-ring (bicyclic) bond motifs is 1. The number of allylic oxidation sites excluding steroid dienone is 1. The lowest BCUT2D eigenvalue weighted by atomic mass is 10.1. The first-order valence-electron chi connectivity index (χ1n) is 8.70. The normalized spacial score (nSPS) is 13.8. The number of benzene rings is 3. The highest BCUT2D eigenvalue weighted by Gasteiger charge is 2.28. The monoisotopic (exact) mass is 391 g/mol. The molecule has 29 heavy (non-hydrogen) atoms. The average Bonchev–Trinajstić information content (AvgIpc) is 3.02. The largest absolute Gasteiger partial charge is 0.489 e. The van der Waals surface area contributed by atoms with Crippen molar-refractivity contribution in [3.63, 3.8) is 0 Å². The summed E-state index contributed by atoms with van der Waals surface area (Å²) in [7, 11) is 0. The number of Topliss-reactive ketones (excluding diaryl/α,β-unsaturated/α-hetero) is 1. The highest BCUT2D eigenvalue weighted by Crippen LogP contribution is 2.35. The molecule has 3 aromatic carbocycles. The molecular weight excluding hydrogens is 377 g/mol. The lowest BCUT2D eigenvalue weighted by molar-refractivity contribution is -0.384. The minimum absolute atomic E-state index is 0.0375. The second-order valence-corrected chi connectivity index (χ2v) is 6.33. The minimum atomic E-state index is -0.507. The number of carbonyl (C=O) groups excluding carboxylic acids is 1. The molecule has 0 saturated heterocycles. The molecule has 0 spiro atoms. The summed E-state index contributed by atoms with van der Waals surface area (Å²) in [4.78, 5) is 22.9. The number of non-ortho nitro benzene ring substituents is 1. The molecule has 0 N–H and O–H groups in total. The maximum absolute atomic E-state index is 13.7. The first-order valence-corrected chi connectivity index (χ1v) is 8.70. The molecule has 1 aliphatic heterocycles. The molecule has 0 saturated carbocycles. The molecule has 0 atom stereocenters. The van der Waals surface area contributed by atoms with Gasteiger partial charge in [-0.1, -0.05) is 30.3 Å². The van der Waals surface area contributed by atoms with Gasteiger partial charge in [0.15, 0.2) is 5.76 Å². The molecule has 0 unspecified atom stereocenters. The van der Waals surface area contributed by atoms with Gasteiger partial charge in [0, 0.05) is 23.8 Å². The zero-order chi connectivity index (χ0) is 20.4. The number of ketones is 1. The maximum Gasteiger partial charge on any atom is 0.270 e. The smallest absolute Gasteiger partial charge is 0.270 e. The van der Waals surface area contributed by atoms with Crippen LogP contribution < -0.4 is 9.47 Å². The predicted molar refractivity (Wildman–Crippen MR) is 103 cm³/mol. The van der Waals surface area contributed by atoms with Gasteiger partial charge in [-0.3, -0.25) is 14.9 Å². The Morgan fingerprint density at radius 2 is 1.90 bits per heavy atom. The summed E-state index contributed by atoms with van der Waals surface area (Å²) in [6.45, 7) is 0.0375. The second-order valence-electron chi connectivity index (χ2n) is 6.33. The van der Waals surface area contributed by atoms with Crippen LogP contribution in [-0.2, 0) is 6.61 Å². The highest BCUT2D eigenvalue weighted by molar-refractivity contribution is 6.14. The Kier molecular flexibility index (Phi) is 4.78. The van der Waals surface area contributed by atoms with Crippen molar-refractivity contribution in [2.45, 2.75) is 6.61 Å². The highest BCUT2D eigenvalue weighted by atomic mass is 19.1. The third kappa shape index (κ3) is 3.84. The number of halogens is 1. The Hall–Kier alpha value is -4.00. The quantitative estimate of drug-likeness (QED) is 0.350. The van der Waals surface area contributed by atoms with Crippen LogP contribution in [0.1, 0.15) is 21.5 Å². The third-order valence-electron chi connectivity index (χ3n) is 4.37. The number of nitrogens with zero attached hydrogens (tertiary/aromatic N) is 1. The molecule has 0 fully saturated rings.